The lowest BCUT2D eigenvalue weighted by Crippen LogP contribution is -2.53. The van der Waals surface area contributed by atoms with E-state index in [-0.39, 0.29) is 42.1 Å². The van der Waals surface area contributed by atoms with Crippen LogP contribution in [0, 0.1) is 5.92 Å². The quantitative estimate of drug-likeness (QED) is 0.387. The molecule has 2 amide bonds. The summed E-state index contributed by atoms with van der Waals surface area (Å²) in [5, 5.41) is 3.23. The number of carbonyl (C=O) groups excluding carboxylic acids is 2. The minimum Gasteiger partial charge on any atom is -0.492 e. The number of nitrogens with zero attached hydrogens (tertiary/aromatic N) is 2. The first kappa shape index (κ1) is 29.9. The molecule has 2 aliphatic rings. The van der Waals surface area contributed by atoms with E-state index in [0.717, 1.165) is 5.56 Å². The van der Waals surface area contributed by atoms with Crippen molar-refractivity contribution >= 4 is 39.1 Å². The number of carbonyl (C=O) groups is 2. The van der Waals surface area contributed by atoms with E-state index in [1.807, 2.05) is 36.4 Å². The molecule has 5 rings (SSSR count). The van der Waals surface area contributed by atoms with Crippen molar-refractivity contribution in [2.75, 3.05) is 37.7 Å². The Morgan fingerprint density at radius 3 is 2.48 bits per heavy atom. The predicted octanol–water partition coefficient (Wildman–Crippen LogP) is 4.29. The summed E-state index contributed by atoms with van der Waals surface area (Å²) >= 11 is 6.12. The van der Waals surface area contributed by atoms with Gasteiger partial charge in [0.2, 0.25) is 15.9 Å². The molecule has 1 N–H and O–H groups in total. The van der Waals surface area contributed by atoms with Gasteiger partial charge in [-0.15, -0.1) is 0 Å². The van der Waals surface area contributed by atoms with Crippen molar-refractivity contribution in [3.8, 4) is 11.5 Å². The molecule has 42 heavy (non-hydrogen) atoms. The maximum absolute atomic E-state index is 13.8. The van der Waals surface area contributed by atoms with Gasteiger partial charge in [0.25, 0.3) is 5.91 Å². The molecule has 0 spiro atoms. The summed E-state index contributed by atoms with van der Waals surface area (Å²) < 4.78 is 39.9. The van der Waals surface area contributed by atoms with Crippen LogP contribution in [0.1, 0.15) is 25.3 Å². The fraction of sp³-hybridized carbons (Fsp3) is 0.355. The van der Waals surface area contributed by atoms with Crippen LogP contribution < -0.4 is 19.7 Å². The minimum absolute atomic E-state index is 0.0184. The Morgan fingerprint density at radius 1 is 1.02 bits per heavy atom. The average Bonchev–Trinajstić information content (AvgIpc) is 3.01. The molecule has 0 aliphatic carbocycles. The van der Waals surface area contributed by atoms with Crippen LogP contribution in [0.25, 0.3) is 0 Å². The van der Waals surface area contributed by atoms with Gasteiger partial charge in [-0.3, -0.25) is 9.59 Å². The standard InChI is InChI=1S/C31H34ClN3O6S/c1-2-40-27-13-12-24(32)20-29(27)42(38,39)34-18-15-23(16-19-34)31(37)35-21-28(41-26-11-7-6-10-25(26)35)30(36)33-17-14-22-8-4-3-5-9-22/h3-13,20,23,28H,2,14-19,21H2,1H3,(H,33,36). The zero-order chi connectivity index (χ0) is 29.7. The second-order valence-corrected chi connectivity index (χ2v) is 12.6. The SMILES string of the molecule is CCOc1ccc(Cl)cc1S(=O)(=O)N1CCC(C(=O)N2CC(C(=O)NCCc3ccccc3)Oc3ccccc32)CC1. The Morgan fingerprint density at radius 2 is 1.74 bits per heavy atom. The number of hydrogen-bond acceptors (Lipinski definition) is 6. The molecular weight excluding hydrogens is 578 g/mol. The molecule has 1 fully saturated rings. The molecule has 11 heteroatoms. The van der Waals surface area contributed by atoms with Crippen LogP contribution >= 0.6 is 11.6 Å². The highest BCUT2D eigenvalue weighted by molar-refractivity contribution is 7.89. The van der Waals surface area contributed by atoms with Crippen LogP contribution in [-0.2, 0) is 26.0 Å². The first-order valence-corrected chi connectivity index (χ1v) is 15.9. The molecular formula is C31H34ClN3O6S. The number of piperidine rings is 1. The summed E-state index contributed by atoms with van der Waals surface area (Å²) in [5.74, 6) is -0.133. The third-order valence-electron chi connectivity index (χ3n) is 7.51. The fourth-order valence-corrected chi connectivity index (χ4v) is 7.19. The summed E-state index contributed by atoms with van der Waals surface area (Å²) in [5.41, 5.74) is 1.72. The number of amides is 2. The van der Waals surface area contributed by atoms with Crippen molar-refractivity contribution < 1.29 is 27.5 Å². The van der Waals surface area contributed by atoms with Crippen LogP contribution in [0.4, 0.5) is 5.69 Å². The van der Waals surface area contributed by atoms with Gasteiger partial charge in [0.15, 0.2) is 6.10 Å². The smallest absolute Gasteiger partial charge is 0.262 e. The number of fused-ring (bicyclic) bond motifs is 1. The van der Waals surface area contributed by atoms with Crippen molar-refractivity contribution in [3.63, 3.8) is 0 Å². The zero-order valence-electron chi connectivity index (χ0n) is 23.4. The number of sulfonamides is 1. The number of rotatable bonds is 9. The maximum Gasteiger partial charge on any atom is 0.262 e. The number of ether oxygens (including phenoxy) is 2. The second-order valence-electron chi connectivity index (χ2n) is 10.3. The highest BCUT2D eigenvalue weighted by atomic mass is 35.5. The van der Waals surface area contributed by atoms with Crippen LogP contribution in [0.3, 0.4) is 0 Å². The Kier molecular flexibility index (Phi) is 9.35. The number of halogens is 1. The molecule has 1 saturated heterocycles. The summed E-state index contributed by atoms with van der Waals surface area (Å²) in [6.45, 7) is 2.96. The molecule has 1 unspecified atom stereocenters. The average molecular weight is 612 g/mol. The maximum atomic E-state index is 13.8. The van der Waals surface area contributed by atoms with E-state index in [2.05, 4.69) is 5.32 Å². The first-order chi connectivity index (χ1) is 20.3. The molecule has 0 aromatic heterocycles. The van der Waals surface area contributed by atoms with Crippen molar-refractivity contribution in [2.45, 2.75) is 37.2 Å². The number of benzene rings is 3. The highest BCUT2D eigenvalue weighted by Gasteiger charge is 2.39. The number of anilines is 1. The lowest BCUT2D eigenvalue weighted by molar-refractivity contribution is -0.129. The summed E-state index contributed by atoms with van der Waals surface area (Å²) in [4.78, 5) is 28.5. The summed E-state index contributed by atoms with van der Waals surface area (Å²) in [6, 6.07) is 21.6. The summed E-state index contributed by atoms with van der Waals surface area (Å²) in [6.07, 6.45) is 0.507. The topological polar surface area (TPSA) is 105 Å². The van der Waals surface area contributed by atoms with Crippen LogP contribution in [0.5, 0.6) is 11.5 Å². The van der Waals surface area contributed by atoms with Crippen LogP contribution in [-0.4, -0.2) is 63.4 Å². The van der Waals surface area contributed by atoms with E-state index < -0.39 is 22.0 Å². The Balaban J connectivity index is 1.25. The largest absolute Gasteiger partial charge is 0.492 e. The Hall–Kier alpha value is -3.60. The van der Waals surface area contributed by atoms with Gasteiger partial charge in [-0.05, 0) is 62.1 Å². The number of para-hydroxylation sites is 2. The molecule has 222 valence electrons. The van der Waals surface area contributed by atoms with E-state index in [0.29, 0.717) is 48.9 Å². The zero-order valence-corrected chi connectivity index (χ0v) is 24.9. The molecule has 9 nitrogen and oxygen atoms in total. The monoisotopic (exact) mass is 611 g/mol. The lowest BCUT2D eigenvalue weighted by Gasteiger charge is -2.38. The molecule has 2 heterocycles. The van der Waals surface area contributed by atoms with Crippen molar-refractivity contribution in [2.24, 2.45) is 5.92 Å². The van der Waals surface area contributed by atoms with Gasteiger partial charge in [-0.25, -0.2) is 8.42 Å². The minimum atomic E-state index is -3.88. The van der Waals surface area contributed by atoms with E-state index in [1.54, 1.807) is 42.2 Å². The lowest BCUT2D eigenvalue weighted by atomic mass is 9.95. The number of nitrogens with one attached hydrogen (secondary N) is 1. The molecule has 0 bridgehead atoms. The third-order valence-corrected chi connectivity index (χ3v) is 9.67. The van der Waals surface area contributed by atoms with Crippen LogP contribution in [0.2, 0.25) is 5.02 Å². The molecule has 3 aromatic rings. The molecule has 3 aromatic carbocycles. The fourth-order valence-electron chi connectivity index (χ4n) is 5.33. The van der Waals surface area contributed by atoms with E-state index in [4.69, 9.17) is 21.1 Å². The number of hydrogen-bond donors (Lipinski definition) is 1. The van der Waals surface area contributed by atoms with Gasteiger partial charge >= 0.3 is 0 Å². The van der Waals surface area contributed by atoms with Crippen molar-refractivity contribution in [1.82, 2.24) is 9.62 Å². The van der Waals surface area contributed by atoms with Crippen LogP contribution in [0.15, 0.2) is 77.7 Å². The highest BCUT2D eigenvalue weighted by Crippen LogP contribution is 2.37. The third kappa shape index (κ3) is 6.56. The van der Waals surface area contributed by atoms with E-state index in [9.17, 15) is 18.0 Å². The molecule has 1 atom stereocenters. The normalized spacial score (nSPS) is 17.7. The summed E-state index contributed by atoms with van der Waals surface area (Å²) in [7, 11) is -3.88. The van der Waals surface area contributed by atoms with Gasteiger partial charge in [0, 0.05) is 30.6 Å². The van der Waals surface area contributed by atoms with E-state index in [1.165, 1.54) is 10.4 Å². The van der Waals surface area contributed by atoms with Gasteiger partial charge in [-0.2, -0.15) is 4.31 Å². The predicted molar refractivity (Wildman–Crippen MR) is 160 cm³/mol. The Labute approximate surface area is 251 Å². The van der Waals surface area contributed by atoms with Gasteiger partial charge in [0.1, 0.15) is 16.4 Å². The first-order valence-electron chi connectivity index (χ1n) is 14.1. The molecule has 2 aliphatic heterocycles. The van der Waals surface area contributed by atoms with Gasteiger partial charge in [-0.1, -0.05) is 54.1 Å². The second kappa shape index (κ2) is 13.1. The molecule has 0 saturated carbocycles. The van der Waals surface area contributed by atoms with Gasteiger partial charge < -0.3 is 19.7 Å². The van der Waals surface area contributed by atoms with Crippen molar-refractivity contribution in [1.29, 1.82) is 0 Å². The molecule has 0 radical (unpaired) electrons. The van der Waals surface area contributed by atoms with Gasteiger partial charge in [0.05, 0.1) is 18.8 Å². The van der Waals surface area contributed by atoms with E-state index >= 15 is 0 Å². The van der Waals surface area contributed by atoms with Crippen molar-refractivity contribution in [3.05, 3.63) is 83.4 Å². The Bertz CT molecular complexity index is 1530.